The number of nitrogens with zero attached hydrogens (tertiary/aromatic N) is 3. The van der Waals surface area contributed by atoms with Gasteiger partial charge in [-0.05, 0) is 44.2 Å². The maximum atomic E-state index is 13.1. The summed E-state index contributed by atoms with van der Waals surface area (Å²) in [6.45, 7) is 4.02. The number of urea groups is 1. The Morgan fingerprint density at radius 1 is 1.09 bits per heavy atom. The first kappa shape index (κ1) is 23.3. The Morgan fingerprint density at radius 2 is 1.76 bits per heavy atom. The summed E-state index contributed by atoms with van der Waals surface area (Å²) in [7, 11) is 0. The number of likely N-dealkylation sites (tertiary alicyclic amines) is 1. The third-order valence-corrected chi connectivity index (χ3v) is 7.25. The smallest absolute Gasteiger partial charge is 0.325 e. The molecule has 3 aliphatic rings. The number of amides is 5. The molecule has 1 aliphatic carbocycles. The van der Waals surface area contributed by atoms with Crippen LogP contribution in [-0.2, 0) is 9.59 Å². The first-order valence-corrected chi connectivity index (χ1v) is 12.2. The van der Waals surface area contributed by atoms with Gasteiger partial charge in [-0.3, -0.25) is 19.3 Å². The lowest BCUT2D eigenvalue weighted by Gasteiger charge is -2.39. The zero-order valence-electron chi connectivity index (χ0n) is 19.4. The van der Waals surface area contributed by atoms with E-state index in [4.69, 9.17) is 0 Å². The van der Waals surface area contributed by atoms with Crippen LogP contribution in [0.1, 0.15) is 68.6 Å². The van der Waals surface area contributed by atoms with Crippen LogP contribution in [-0.4, -0.2) is 76.2 Å². The van der Waals surface area contributed by atoms with Crippen LogP contribution in [0.2, 0.25) is 0 Å². The molecule has 2 saturated heterocycles. The average molecular weight is 455 g/mol. The largest absolute Gasteiger partial charge is 0.340 e. The molecule has 5 amide bonds. The molecule has 4 rings (SSSR count). The summed E-state index contributed by atoms with van der Waals surface area (Å²) in [5.74, 6) is -0.174. The second kappa shape index (κ2) is 9.93. The monoisotopic (exact) mass is 454 g/mol. The fraction of sp³-hybridized carbons (Fsp3) is 0.600. The van der Waals surface area contributed by atoms with E-state index in [9.17, 15) is 19.2 Å². The van der Waals surface area contributed by atoms with E-state index in [2.05, 4.69) is 5.32 Å². The van der Waals surface area contributed by atoms with Crippen LogP contribution in [0.3, 0.4) is 0 Å². The number of piperidine rings is 1. The van der Waals surface area contributed by atoms with E-state index in [0.717, 1.165) is 32.1 Å². The Labute approximate surface area is 195 Å². The Kier molecular flexibility index (Phi) is 7.00. The van der Waals surface area contributed by atoms with Crippen molar-refractivity contribution in [3.8, 4) is 0 Å². The van der Waals surface area contributed by atoms with Gasteiger partial charge in [0.25, 0.3) is 11.8 Å². The van der Waals surface area contributed by atoms with Crippen molar-refractivity contribution in [2.45, 2.75) is 69.9 Å². The quantitative estimate of drug-likeness (QED) is 0.642. The van der Waals surface area contributed by atoms with Crippen molar-refractivity contribution in [3.05, 3.63) is 35.9 Å². The van der Waals surface area contributed by atoms with Gasteiger partial charge in [-0.2, -0.15) is 0 Å². The summed E-state index contributed by atoms with van der Waals surface area (Å²) >= 11 is 0. The zero-order valence-corrected chi connectivity index (χ0v) is 19.4. The van der Waals surface area contributed by atoms with Gasteiger partial charge in [-0.15, -0.1) is 0 Å². The van der Waals surface area contributed by atoms with Crippen molar-refractivity contribution in [1.29, 1.82) is 0 Å². The number of imide groups is 1. The van der Waals surface area contributed by atoms with Crippen LogP contribution in [0, 0.1) is 0 Å². The number of benzene rings is 1. The van der Waals surface area contributed by atoms with Gasteiger partial charge >= 0.3 is 6.03 Å². The summed E-state index contributed by atoms with van der Waals surface area (Å²) < 4.78 is 0. The fourth-order valence-electron chi connectivity index (χ4n) is 5.44. The molecule has 8 heteroatoms. The van der Waals surface area contributed by atoms with Crippen molar-refractivity contribution in [1.82, 2.24) is 20.0 Å². The van der Waals surface area contributed by atoms with Gasteiger partial charge in [-0.25, -0.2) is 4.79 Å². The molecule has 1 aromatic rings. The summed E-state index contributed by atoms with van der Waals surface area (Å²) in [5.41, 5.74) is -0.0486. The highest BCUT2D eigenvalue weighted by Gasteiger charge is 2.52. The Morgan fingerprint density at radius 3 is 2.39 bits per heavy atom. The lowest BCUT2D eigenvalue weighted by atomic mass is 9.98. The van der Waals surface area contributed by atoms with E-state index in [1.807, 2.05) is 47.1 Å². The van der Waals surface area contributed by atoms with Gasteiger partial charge < -0.3 is 15.1 Å². The molecular formula is C25H34N4O4. The van der Waals surface area contributed by atoms with Crippen molar-refractivity contribution in [2.75, 3.05) is 26.2 Å². The summed E-state index contributed by atoms with van der Waals surface area (Å²) in [5, 5.41) is 2.87. The van der Waals surface area contributed by atoms with Crippen LogP contribution in [0.5, 0.6) is 0 Å². The number of nitrogens with one attached hydrogen (secondary N) is 1. The van der Waals surface area contributed by atoms with Crippen molar-refractivity contribution < 1.29 is 19.2 Å². The molecule has 2 heterocycles. The van der Waals surface area contributed by atoms with E-state index in [-0.39, 0.29) is 42.8 Å². The first-order chi connectivity index (χ1) is 15.9. The summed E-state index contributed by atoms with van der Waals surface area (Å²) in [4.78, 5) is 56.1. The topological polar surface area (TPSA) is 90.0 Å². The normalized spacial score (nSPS) is 20.4. The number of hydrogen-bond donors (Lipinski definition) is 1. The van der Waals surface area contributed by atoms with E-state index in [1.54, 1.807) is 0 Å². The summed E-state index contributed by atoms with van der Waals surface area (Å²) in [6, 6.07) is 8.97. The molecule has 33 heavy (non-hydrogen) atoms. The van der Waals surface area contributed by atoms with Gasteiger partial charge in [0, 0.05) is 44.2 Å². The molecule has 3 fully saturated rings. The van der Waals surface area contributed by atoms with Gasteiger partial charge in [0.15, 0.2) is 0 Å². The molecule has 1 spiro atoms. The lowest BCUT2D eigenvalue weighted by molar-refractivity contribution is -0.135. The maximum absolute atomic E-state index is 13.1. The molecule has 1 N–H and O–H groups in total. The lowest BCUT2D eigenvalue weighted by Crippen LogP contribution is -2.49. The second-order valence-electron chi connectivity index (χ2n) is 9.40. The molecule has 0 bridgehead atoms. The Bertz CT molecular complexity index is 889. The number of hydrogen-bond acceptors (Lipinski definition) is 4. The van der Waals surface area contributed by atoms with Crippen LogP contribution < -0.4 is 5.32 Å². The highest BCUT2D eigenvalue weighted by Crippen LogP contribution is 2.35. The maximum Gasteiger partial charge on any atom is 0.325 e. The molecule has 0 aromatic heterocycles. The molecular weight excluding hydrogens is 420 g/mol. The van der Waals surface area contributed by atoms with E-state index < -0.39 is 5.54 Å². The Hall–Kier alpha value is -2.90. The standard InChI is InChI=1S/C25H34N4O4/c1-2-15-28(20-10-16-27(17-11-20)22(31)19-8-4-3-5-9-19)21(30)12-18-29-23(32)25(26-24(29)33)13-6-7-14-25/h3-5,8-9,20H,2,6-7,10-18H2,1H3,(H,26,33). The van der Waals surface area contributed by atoms with Gasteiger partial charge in [0.2, 0.25) is 5.91 Å². The van der Waals surface area contributed by atoms with Crippen molar-refractivity contribution in [2.24, 2.45) is 0 Å². The SMILES string of the molecule is CCCN(C(=O)CCN1C(=O)NC2(CCCC2)C1=O)C1CCN(C(=O)c2ccccc2)CC1. The van der Waals surface area contributed by atoms with E-state index in [1.165, 1.54) is 4.90 Å². The van der Waals surface area contributed by atoms with E-state index in [0.29, 0.717) is 38.0 Å². The zero-order chi connectivity index (χ0) is 23.4. The molecule has 0 unspecified atom stereocenters. The second-order valence-corrected chi connectivity index (χ2v) is 9.40. The first-order valence-electron chi connectivity index (χ1n) is 12.2. The fourth-order valence-corrected chi connectivity index (χ4v) is 5.44. The highest BCUT2D eigenvalue weighted by molar-refractivity contribution is 6.07. The number of carbonyl (C=O) groups is 4. The minimum Gasteiger partial charge on any atom is -0.340 e. The van der Waals surface area contributed by atoms with Gasteiger partial charge in [-0.1, -0.05) is 38.0 Å². The number of carbonyl (C=O) groups excluding carboxylic acids is 4. The third-order valence-electron chi connectivity index (χ3n) is 7.25. The van der Waals surface area contributed by atoms with Gasteiger partial charge in [0.1, 0.15) is 5.54 Å². The van der Waals surface area contributed by atoms with Gasteiger partial charge in [0.05, 0.1) is 0 Å². The molecule has 8 nitrogen and oxygen atoms in total. The summed E-state index contributed by atoms with van der Waals surface area (Å²) in [6.07, 6.45) is 5.68. The van der Waals surface area contributed by atoms with Crippen LogP contribution in [0.4, 0.5) is 4.79 Å². The van der Waals surface area contributed by atoms with Crippen molar-refractivity contribution in [3.63, 3.8) is 0 Å². The highest BCUT2D eigenvalue weighted by atomic mass is 16.2. The molecule has 1 saturated carbocycles. The average Bonchev–Trinajstić information content (AvgIpc) is 3.40. The van der Waals surface area contributed by atoms with Crippen LogP contribution >= 0.6 is 0 Å². The Balaban J connectivity index is 1.32. The molecule has 178 valence electrons. The molecule has 1 aromatic carbocycles. The minimum atomic E-state index is -0.735. The number of rotatable bonds is 7. The van der Waals surface area contributed by atoms with Crippen LogP contribution in [0.15, 0.2) is 30.3 Å². The molecule has 0 radical (unpaired) electrons. The molecule has 2 aliphatic heterocycles. The van der Waals surface area contributed by atoms with Crippen molar-refractivity contribution >= 4 is 23.8 Å². The molecule has 0 atom stereocenters. The minimum absolute atomic E-state index is 0.0295. The van der Waals surface area contributed by atoms with E-state index >= 15 is 0 Å². The van der Waals surface area contributed by atoms with Crippen LogP contribution in [0.25, 0.3) is 0 Å². The predicted molar refractivity (Wildman–Crippen MR) is 123 cm³/mol. The third kappa shape index (κ3) is 4.75. The predicted octanol–water partition coefficient (Wildman–Crippen LogP) is 2.78.